The number of hydrogen-bond donors (Lipinski definition) is 0. The minimum atomic E-state index is 0.113. The van der Waals surface area contributed by atoms with E-state index in [1.807, 2.05) is 24.0 Å². The van der Waals surface area contributed by atoms with Gasteiger partial charge in [0.25, 0.3) is 0 Å². The number of ether oxygens (including phenoxy) is 1. The normalized spacial score (nSPS) is 17.4. The second-order valence-corrected chi connectivity index (χ2v) is 7.44. The van der Waals surface area contributed by atoms with E-state index in [1.54, 1.807) is 18.1 Å². The number of carbonyl (C=O) groups excluding carboxylic acids is 1. The SMILES string of the molecule is CCN(CC1CCCN(CCc2cccc(OC)c2)C1)C(=O)Cn1cncn1. The molecular weight excluding hydrogens is 354 g/mol. The van der Waals surface area contributed by atoms with Crippen LogP contribution in [0.25, 0.3) is 0 Å². The smallest absolute Gasteiger partial charge is 0.244 e. The lowest BCUT2D eigenvalue weighted by Gasteiger charge is -2.35. The number of aromatic nitrogens is 3. The van der Waals surface area contributed by atoms with Crippen LogP contribution in [0.2, 0.25) is 0 Å². The average Bonchev–Trinajstić information content (AvgIpc) is 3.24. The Morgan fingerprint density at radius 2 is 2.29 bits per heavy atom. The number of benzene rings is 1. The van der Waals surface area contributed by atoms with Crippen LogP contribution in [-0.2, 0) is 17.8 Å². The van der Waals surface area contributed by atoms with Crippen molar-refractivity contribution in [2.45, 2.75) is 32.7 Å². The van der Waals surface area contributed by atoms with E-state index in [4.69, 9.17) is 4.74 Å². The largest absolute Gasteiger partial charge is 0.497 e. The molecule has 0 bridgehead atoms. The molecule has 2 heterocycles. The van der Waals surface area contributed by atoms with Crippen molar-refractivity contribution in [3.8, 4) is 5.75 Å². The molecule has 1 saturated heterocycles. The van der Waals surface area contributed by atoms with E-state index in [2.05, 4.69) is 27.1 Å². The van der Waals surface area contributed by atoms with Crippen molar-refractivity contribution in [2.24, 2.45) is 5.92 Å². The van der Waals surface area contributed by atoms with Gasteiger partial charge in [-0.1, -0.05) is 12.1 Å². The minimum absolute atomic E-state index is 0.113. The summed E-state index contributed by atoms with van der Waals surface area (Å²) in [5.41, 5.74) is 1.31. The number of carbonyl (C=O) groups is 1. The molecule has 1 aliphatic heterocycles. The Hall–Kier alpha value is -2.41. The highest BCUT2D eigenvalue weighted by molar-refractivity contribution is 5.75. The summed E-state index contributed by atoms with van der Waals surface area (Å²) < 4.78 is 6.91. The highest BCUT2D eigenvalue weighted by Gasteiger charge is 2.23. The van der Waals surface area contributed by atoms with Gasteiger partial charge in [0.15, 0.2) is 0 Å². The van der Waals surface area contributed by atoms with Crippen LogP contribution in [-0.4, -0.2) is 70.3 Å². The molecular formula is C21H31N5O2. The maximum absolute atomic E-state index is 12.6. The van der Waals surface area contributed by atoms with E-state index in [0.29, 0.717) is 5.92 Å². The lowest BCUT2D eigenvalue weighted by molar-refractivity contribution is -0.132. The Morgan fingerprint density at radius 3 is 3.04 bits per heavy atom. The van der Waals surface area contributed by atoms with Crippen molar-refractivity contribution >= 4 is 5.91 Å². The molecule has 0 saturated carbocycles. The van der Waals surface area contributed by atoms with Gasteiger partial charge in [-0.3, -0.25) is 4.79 Å². The van der Waals surface area contributed by atoms with E-state index in [-0.39, 0.29) is 12.5 Å². The van der Waals surface area contributed by atoms with Gasteiger partial charge in [0.2, 0.25) is 5.91 Å². The number of likely N-dealkylation sites (tertiary alicyclic amines) is 1. The van der Waals surface area contributed by atoms with Gasteiger partial charge >= 0.3 is 0 Å². The van der Waals surface area contributed by atoms with Crippen LogP contribution in [0.1, 0.15) is 25.3 Å². The van der Waals surface area contributed by atoms with Crippen molar-refractivity contribution in [1.29, 1.82) is 0 Å². The van der Waals surface area contributed by atoms with Crippen LogP contribution in [0.4, 0.5) is 0 Å². The Labute approximate surface area is 167 Å². The Morgan fingerprint density at radius 1 is 1.39 bits per heavy atom. The Bertz CT molecular complexity index is 734. The second kappa shape index (κ2) is 10.2. The van der Waals surface area contributed by atoms with Gasteiger partial charge in [0.05, 0.1) is 7.11 Å². The average molecular weight is 386 g/mol. The van der Waals surface area contributed by atoms with Gasteiger partial charge < -0.3 is 14.5 Å². The molecule has 0 radical (unpaired) electrons. The molecule has 1 amide bonds. The summed E-state index contributed by atoms with van der Waals surface area (Å²) in [5, 5.41) is 4.04. The number of amides is 1. The first-order valence-electron chi connectivity index (χ1n) is 10.1. The number of methoxy groups -OCH3 is 1. The van der Waals surface area contributed by atoms with Crippen LogP contribution in [0.15, 0.2) is 36.9 Å². The summed E-state index contributed by atoms with van der Waals surface area (Å²) >= 11 is 0. The fourth-order valence-corrected chi connectivity index (χ4v) is 3.89. The first-order chi connectivity index (χ1) is 13.7. The van der Waals surface area contributed by atoms with Gasteiger partial charge in [0.1, 0.15) is 24.9 Å². The zero-order chi connectivity index (χ0) is 19.8. The summed E-state index contributed by atoms with van der Waals surface area (Å²) in [6.45, 7) is 7.09. The highest BCUT2D eigenvalue weighted by Crippen LogP contribution is 2.19. The lowest BCUT2D eigenvalue weighted by atomic mass is 9.96. The first kappa shape index (κ1) is 20.3. The Balaban J connectivity index is 1.48. The first-order valence-corrected chi connectivity index (χ1v) is 10.1. The molecule has 28 heavy (non-hydrogen) atoms. The standard InChI is InChI=1S/C21H31N5O2/c1-3-25(21(27)15-26-17-22-16-23-26)14-19-7-5-10-24(13-19)11-9-18-6-4-8-20(12-18)28-2/h4,6,8,12,16-17,19H,3,5,7,9-11,13-15H2,1-2H3. The van der Waals surface area contributed by atoms with Crippen molar-refractivity contribution in [1.82, 2.24) is 24.6 Å². The molecule has 7 heteroatoms. The summed E-state index contributed by atoms with van der Waals surface area (Å²) in [7, 11) is 1.71. The van der Waals surface area contributed by atoms with E-state index in [0.717, 1.165) is 44.9 Å². The molecule has 152 valence electrons. The van der Waals surface area contributed by atoms with Crippen molar-refractivity contribution in [2.75, 3.05) is 39.8 Å². The molecule has 0 N–H and O–H groups in total. The maximum atomic E-state index is 12.6. The quantitative estimate of drug-likeness (QED) is 0.661. The summed E-state index contributed by atoms with van der Waals surface area (Å²) in [6, 6.07) is 8.30. The fourth-order valence-electron chi connectivity index (χ4n) is 3.89. The molecule has 1 atom stereocenters. The zero-order valence-electron chi connectivity index (χ0n) is 17.0. The molecule has 3 rings (SSSR count). The lowest BCUT2D eigenvalue weighted by Crippen LogP contribution is -2.44. The van der Waals surface area contributed by atoms with Crippen molar-refractivity contribution in [3.05, 3.63) is 42.5 Å². The third-order valence-corrected chi connectivity index (χ3v) is 5.43. The van der Waals surface area contributed by atoms with Crippen LogP contribution in [0, 0.1) is 5.92 Å². The van der Waals surface area contributed by atoms with Crippen LogP contribution in [0.3, 0.4) is 0 Å². The van der Waals surface area contributed by atoms with Gasteiger partial charge in [0, 0.05) is 26.2 Å². The van der Waals surface area contributed by atoms with E-state index in [1.165, 1.54) is 24.7 Å². The number of rotatable bonds is 9. The third-order valence-electron chi connectivity index (χ3n) is 5.43. The number of likely N-dealkylation sites (N-methyl/N-ethyl adjacent to an activating group) is 1. The second-order valence-electron chi connectivity index (χ2n) is 7.44. The zero-order valence-corrected chi connectivity index (χ0v) is 17.0. The molecule has 1 aliphatic rings. The molecule has 1 fully saturated rings. The van der Waals surface area contributed by atoms with E-state index in [9.17, 15) is 4.79 Å². The summed E-state index contributed by atoms with van der Waals surface area (Å²) in [4.78, 5) is 21.0. The van der Waals surface area contributed by atoms with Gasteiger partial charge in [-0.15, -0.1) is 0 Å². The van der Waals surface area contributed by atoms with Crippen LogP contribution >= 0.6 is 0 Å². The predicted molar refractivity (Wildman–Crippen MR) is 108 cm³/mol. The van der Waals surface area contributed by atoms with E-state index >= 15 is 0 Å². The number of nitrogens with zero attached hydrogens (tertiary/aromatic N) is 5. The molecule has 1 aromatic carbocycles. The minimum Gasteiger partial charge on any atom is -0.497 e. The molecule has 1 unspecified atom stereocenters. The molecule has 1 aromatic heterocycles. The molecule has 0 spiro atoms. The predicted octanol–water partition coefficient (Wildman–Crippen LogP) is 2.09. The van der Waals surface area contributed by atoms with Gasteiger partial charge in [-0.05, 0) is 56.3 Å². The van der Waals surface area contributed by atoms with Crippen LogP contribution < -0.4 is 4.74 Å². The summed E-state index contributed by atoms with van der Waals surface area (Å²) in [5.74, 6) is 1.55. The monoisotopic (exact) mass is 385 g/mol. The molecule has 0 aliphatic carbocycles. The van der Waals surface area contributed by atoms with Crippen molar-refractivity contribution in [3.63, 3.8) is 0 Å². The molecule has 2 aromatic rings. The van der Waals surface area contributed by atoms with Crippen LogP contribution in [0.5, 0.6) is 5.75 Å². The van der Waals surface area contributed by atoms with Crippen molar-refractivity contribution < 1.29 is 9.53 Å². The molecule has 7 nitrogen and oxygen atoms in total. The number of hydrogen-bond acceptors (Lipinski definition) is 5. The number of piperidine rings is 1. The maximum Gasteiger partial charge on any atom is 0.244 e. The fraction of sp³-hybridized carbons (Fsp3) is 0.571. The van der Waals surface area contributed by atoms with E-state index < -0.39 is 0 Å². The summed E-state index contributed by atoms with van der Waals surface area (Å²) in [6.07, 6.45) is 6.45. The third kappa shape index (κ3) is 5.79. The van der Waals surface area contributed by atoms with Gasteiger partial charge in [-0.2, -0.15) is 5.10 Å². The topological polar surface area (TPSA) is 63.5 Å². The highest BCUT2D eigenvalue weighted by atomic mass is 16.5. The Kier molecular flexibility index (Phi) is 7.42. The van der Waals surface area contributed by atoms with Gasteiger partial charge in [-0.25, -0.2) is 9.67 Å².